The molecule has 0 spiro atoms. The lowest BCUT2D eigenvalue weighted by Crippen LogP contribution is -2.48. The first-order valence-corrected chi connectivity index (χ1v) is 12.4. The van der Waals surface area contributed by atoms with Crippen molar-refractivity contribution < 1.29 is 9.18 Å². The minimum atomic E-state index is -0.318. The number of anilines is 1. The maximum Gasteiger partial charge on any atom is 0.242 e. The standard InChI is InChI=1S/C26H38FN5O/c1-5-7-23(29-20-9-8-19-12-18(6-2)13-22(27)21(19)14-20)25(33)30-24-15-32(17-28-24)26(10-11-26)16-31(3)4/h12-13,15,17,20,23,29H,5-11,14,16H2,1-4H3,(H,30,33)/t20?,23-/m0/s1. The summed E-state index contributed by atoms with van der Waals surface area (Å²) in [6.07, 6.45) is 10.9. The van der Waals surface area contributed by atoms with Gasteiger partial charge in [0.15, 0.2) is 5.82 Å². The Labute approximate surface area is 197 Å². The Morgan fingerprint density at radius 2 is 2.12 bits per heavy atom. The molecule has 2 N–H and O–H groups in total. The molecule has 1 heterocycles. The van der Waals surface area contributed by atoms with E-state index >= 15 is 0 Å². The Hall–Kier alpha value is -2.25. The maximum atomic E-state index is 14.7. The van der Waals surface area contributed by atoms with Crippen LogP contribution in [-0.4, -0.2) is 53.1 Å². The van der Waals surface area contributed by atoms with E-state index in [0.717, 1.165) is 68.2 Å². The Morgan fingerprint density at radius 1 is 1.33 bits per heavy atom. The van der Waals surface area contributed by atoms with Crippen molar-refractivity contribution in [3.05, 3.63) is 47.2 Å². The molecule has 6 nitrogen and oxygen atoms in total. The lowest BCUT2D eigenvalue weighted by atomic mass is 9.86. The summed E-state index contributed by atoms with van der Waals surface area (Å²) in [4.78, 5) is 19.8. The third-order valence-electron chi connectivity index (χ3n) is 7.12. The Balaban J connectivity index is 1.39. The molecule has 180 valence electrons. The third-order valence-corrected chi connectivity index (χ3v) is 7.12. The van der Waals surface area contributed by atoms with Crippen molar-refractivity contribution in [1.82, 2.24) is 19.8 Å². The van der Waals surface area contributed by atoms with Gasteiger partial charge >= 0.3 is 0 Å². The summed E-state index contributed by atoms with van der Waals surface area (Å²) in [5.74, 6) is 0.428. The monoisotopic (exact) mass is 455 g/mol. The summed E-state index contributed by atoms with van der Waals surface area (Å²) in [6, 6.07) is 3.58. The molecule has 7 heteroatoms. The average molecular weight is 456 g/mol. The van der Waals surface area contributed by atoms with Crippen LogP contribution in [0.15, 0.2) is 24.7 Å². The van der Waals surface area contributed by atoms with Crippen LogP contribution in [0.4, 0.5) is 10.2 Å². The van der Waals surface area contributed by atoms with Crippen molar-refractivity contribution in [2.45, 2.75) is 82.8 Å². The van der Waals surface area contributed by atoms with Crippen LogP contribution < -0.4 is 10.6 Å². The van der Waals surface area contributed by atoms with Gasteiger partial charge in [-0.05, 0) is 81.8 Å². The smallest absolute Gasteiger partial charge is 0.242 e. The number of carbonyl (C=O) groups excluding carboxylic acids is 1. The average Bonchev–Trinajstić information content (AvgIpc) is 3.39. The SMILES string of the molecule is CCC[C@H](NC1CCc2cc(CC)cc(F)c2C1)C(=O)Nc1cn(C2(CN(C)C)CC2)cn1. The highest BCUT2D eigenvalue weighted by Gasteiger charge is 2.44. The Morgan fingerprint density at radius 3 is 2.79 bits per heavy atom. The van der Waals surface area contributed by atoms with Gasteiger partial charge in [-0.25, -0.2) is 9.37 Å². The number of rotatable bonds is 10. The normalized spacial score (nSPS) is 19.9. The largest absolute Gasteiger partial charge is 0.328 e. The highest BCUT2D eigenvalue weighted by molar-refractivity contribution is 5.94. The summed E-state index contributed by atoms with van der Waals surface area (Å²) >= 11 is 0. The number of hydrogen-bond donors (Lipinski definition) is 2. The molecule has 33 heavy (non-hydrogen) atoms. The molecule has 2 atom stereocenters. The number of hydrogen-bond acceptors (Lipinski definition) is 4. The van der Waals surface area contributed by atoms with E-state index < -0.39 is 0 Å². The summed E-state index contributed by atoms with van der Waals surface area (Å²) in [6.45, 7) is 5.10. The molecule has 1 amide bonds. The van der Waals surface area contributed by atoms with Crippen LogP contribution >= 0.6 is 0 Å². The summed E-state index contributed by atoms with van der Waals surface area (Å²) in [7, 11) is 4.16. The molecule has 0 aliphatic heterocycles. The summed E-state index contributed by atoms with van der Waals surface area (Å²) in [5, 5.41) is 6.54. The second-order valence-corrected chi connectivity index (χ2v) is 10.1. The highest BCUT2D eigenvalue weighted by atomic mass is 19.1. The molecule has 0 bridgehead atoms. The van der Waals surface area contributed by atoms with Gasteiger partial charge in [-0.2, -0.15) is 0 Å². The zero-order valence-corrected chi connectivity index (χ0v) is 20.5. The van der Waals surface area contributed by atoms with E-state index in [2.05, 4.69) is 59.1 Å². The molecule has 1 aromatic heterocycles. The van der Waals surface area contributed by atoms with Gasteiger partial charge in [-0.1, -0.05) is 26.3 Å². The molecule has 1 unspecified atom stereocenters. The van der Waals surface area contributed by atoms with Crippen molar-refractivity contribution in [2.75, 3.05) is 26.0 Å². The van der Waals surface area contributed by atoms with Crippen molar-refractivity contribution in [2.24, 2.45) is 0 Å². The molecular weight excluding hydrogens is 417 g/mol. The van der Waals surface area contributed by atoms with E-state index in [1.54, 1.807) is 6.07 Å². The minimum absolute atomic E-state index is 0.0628. The topological polar surface area (TPSA) is 62.2 Å². The molecule has 4 rings (SSSR count). The van der Waals surface area contributed by atoms with Gasteiger partial charge in [-0.15, -0.1) is 0 Å². The van der Waals surface area contributed by atoms with Crippen LogP contribution in [0.5, 0.6) is 0 Å². The van der Waals surface area contributed by atoms with Crippen LogP contribution in [0.25, 0.3) is 0 Å². The molecular formula is C26H38FN5O. The number of imidazole rings is 1. The number of nitrogens with zero attached hydrogens (tertiary/aromatic N) is 3. The predicted octanol–water partition coefficient (Wildman–Crippen LogP) is 3.89. The zero-order valence-electron chi connectivity index (χ0n) is 20.5. The van der Waals surface area contributed by atoms with Crippen molar-refractivity contribution in [3.8, 4) is 0 Å². The van der Waals surface area contributed by atoms with Crippen molar-refractivity contribution in [3.63, 3.8) is 0 Å². The number of benzene rings is 1. The second-order valence-electron chi connectivity index (χ2n) is 10.1. The number of fused-ring (bicyclic) bond motifs is 1. The van der Waals surface area contributed by atoms with Gasteiger partial charge < -0.3 is 20.1 Å². The number of carbonyl (C=O) groups is 1. The fourth-order valence-electron chi connectivity index (χ4n) is 5.19. The van der Waals surface area contributed by atoms with Gasteiger partial charge in [-0.3, -0.25) is 4.79 Å². The van der Waals surface area contributed by atoms with Crippen LogP contribution in [0, 0.1) is 5.82 Å². The van der Waals surface area contributed by atoms with E-state index in [4.69, 9.17) is 0 Å². The number of nitrogens with one attached hydrogen (secondary N) is 2. The van der Waals surface area contributed by atoms with E-state index in [-0.39, 0.29) is 29.3 Å². The number of amides is 1. The maximum absolute atomic E-state index is 14.7. The van der Waals surface area contributed by atoms with Gasteiger partial charge in [0, 0.05) is 18.8 Å². The first-order chi connectivity index (χ1) is 15.8. The fourth-order valence-corrected chi connectivity index (χ4v) is 5.19. The van der Waals surface area contributed by atoms with Crippen LogP contribution in [0.3, 0.4) is 0 Å². The number of aromatic nitrogens is 2. The van der Waals surface area contributed by atoms with E-state index in [9.17, 15) is 9.18 Å². The van der Waals surface area contributed by atoms with E-state index in [1.165, 1.54) is 0 Å². The quantitative estimate of drug-likeness (QED) is 0.571. The lowest BCUT2D eigenvalue weighted by molar-refractivity contribution is -0.118. The first-order valence-electron chi connectivity index (χ1n) is 12.4. The van der Waals surface area contributed by atoms with Gasteiger partial charge in [0.2, 0.25) is 5.91 Å². The van der Waals surface area contributed by atoms with Crippen LogP contribution in [0.2, 0.25) is 0 Å². The molecule has 1 fully saturated rings. The summed E-state index contributed by atoms with van der Waals surface area (Å²) < 4.78 is 16.8. The van der Waals surface area contributed by atoms with Crippen LogP contribution in [0.1, 0.15) is 62.6 Å². The highest BCUT2D eigenvalue weighted by Crippen LogP contribution is 2.44. The fraction of sp³-hybridized carbons (Fsp3) is 0.615. The molecule has 0 radical (unpaired) electrons. The molecule has 1 saturated carbocycles. The summed E-state index contributed by atoms with van der Waals surface area (Å²) in [5.41, 5.74) is 3.09. The number of likely N-dealkylation sites (N-methyl/N-ethyl adjacent to an activating group) is 1. The van der Waals surface area contributed by atoms with Gasteiger partial charge in [0.1, 0.15) is 5.82 Å². The minimum Gasteiger partial charge on any atom is -0.328 e. The van der Waals surface area contributed by atoms with Crippen LogP contribution in [-0.2, 0) is 29.6 Å². The Kier molecular flexibility index (Phi) is 7.19. The predicted molar refractivity (Wildman–Crippen MR) is 130 cm³/mol. The van der Waals surface area contributed by atoms with Crippen molar-refractivity contribution >= 4 is 11.7 Å². The first kappa shape index (κ1) is 23.9. The van der Waals surface area contributed by atoms with E-state index in [1.807, 2.05) is 12.5 Å². The molecule has 1 aromatic carbocycles. The van der Waals surface area contributed by atoms with Gasteiger partial charge in [0.05, 0.1) is 17.9 Å². The Bertz CT molecular complexity index is 981. The van der Waals surface area contributed by atoms with Gasteiger partial charge in [0.25, 0.3) is 0 Å². The zero-order chi connectivity index (χ0) is 23.6. The lowest BCUT2D eigenvalue weighted by Gasteiger charge is -2.30. The molecule has 2 aliphatic rings. The van der Waals surface area contributed by atoms with E-state index in [0.29, 0.717) is 12.2 Å². The third kappa shape index (κ3) is 5.46. The number of aryl methyl sites for hydroxylation is 2. The molecule has 2 aromatic rings. The second kappa shape index (κ2) is 9.94. The molecule has 2 aliphatic carbocycles. The molecule has 0 saturated heterocycles. The number of halogens is 1. The van der Waals surface area contributed by atoms with Crippen molar-refractivity contribution in [1.29, 1.82) is 0 Å².